The molecular weight excluding hydrogens is 277 g/mol. The van der Waals surface area contributed by atoms with Crippen LogP contribution in [0.3, 0.4) is 0 Å². The number of fused-ring (bicyclic) bond motifs is 1. The third kappa shape index (κ3) is 2.06. The first-order valence-electron chi connectivity index (χ1n) is 6.32. The summed E-state index contributed by atoms with van der Waals surface area (Å²) >= 11 is 6.22. The van der Waals surface area contributed by atoms with Crippen LogP contribution >= 0.6 is 11.6 Å². The number of imidazole rings is 1. The number of rotatable bonds is 2. The second kappa shape index (κ2) is 4.87. The third-order valence-electron chi connectivity index (χ3n) is 3.20. The van der Waals surface area contributed by atoms with Crippen molar-refractivity contribution in [2.45, 2.75) is 19.2 Å². The quantitative estimate of drug-likeness (QED) is 0.663. The van der Waals surface area contributed by atoms with Gasteiger partial charge in [-0.2, -0.15) is 0 Å². The van der Waals surface area contributed by atoms with Crippen molar-refractivity contribution in [1.82, 2.24) is 14.5 Å². The Morgan fingerprint density at radius 1 is 1.30 bits per heavy atom. The Morgan fingerprint density at radius 2 is 2.10 bits per heavy atom. The first-order valence-corrected chi connectivity index (χ1v) is 6.75. The van der Waals surface area contributed by atoms with Crippen molar-refractivity contribution >= 4 is 22.8 Å². The van der Waals surface area contributed by atoms with Crippen molar-refractivity contribution in [3.63, 3.8) is 0 Å². The zero-order valence-electron chi connectivity index (χ0n) is 11.1. The van der Waals surface area contributed by atoms with Crippen molar-refractivity contribution < 1.29 is 4.39 Å². The highest BCUT2D eigenvalue weighted by Gasteiger charge is 2.17. The second-order valence-electron chi connectivity index (χ2n) is 4.70. The predicted molar refractivity (Wildman–Crippen MR) is 77.8 cm³/mol. The number of aryl methyl sites for hydroxylation is 1. The summed E-state index contributed by atoms with van der Waals surface area (Å²) in [7, 11) is 0. The van der Waals surface area contributed by atoms with Crippen LogP contribution < -0.4 is 0 Å². The minimum atomic E-state index is -0.269. The van der Waals surface area contributed by atoms with Crippen molar-refractivity contribution in [3.05, 3.63) is 53.7 Å². The number of pyridine rings is 1. The summed E-state index contributed by atoms with van der Waals surface area (Å²) in [4.78, 5) is 8.88. The number of alkyl halides is 1. The van der Waals surface area contributed by atoms with Crippen LogP contribution in [-0.2, 0) is 0 Å². The van der Waals surface area contributed by atoms with E-state index >= 15 is 0 Å². The third-order valence-corrected chi connectivity index (χ3v) is 3.39. The molecule has 0 radical (unpaired) electrons. The van der Waals surface area contributed by atoms with E-state index in [9.17, 15) is 4.39 Å². The summed E-state index contributed by atoms with van der Waals surface area (Å²) in [6.07, 6.45) is 1.71. The van der Waals surface area contributed by atoms with Gasteiger partial charge in [0.1, 0.15) is 17.2 Å². The summed E-state index contributed by atoms with van der Waals surface area (Å²) in [5.41, 5.74) is 2.89. The minimum absolute atomic E-state index is 0.230. The Bertz CT molecular complexity index is 780. The zero-order valence-corrected chi connectivity index (χ0v) is 11.9. The molecule has 1 unspecified atom stereocenters. The van der Waals surface area contributed by atoms with Crippen molar-refractivity contribution in [2.24, 2.45) is 0 Å². The molecule has 102 valence electrons. The Morgan fingerprint density at radius 3 is 2.80 bits per heavy atom. The Labute approximate surface area is 121 Å². The fourth-order valence-electron chi connectivity index (χ4n) is 2.22. The summed E-state index contributed by atoms with van der Waals surface area (Å²) in [6, 6.07) is 8.65. The molecule has 0 fully saturated rings. The molecule has 2 heterocycles. The van der Waals surface area contributed by atoms with Crippen LogP contribution in [0.2, 0.25) is 0 Å². The van der Waals surface area contributed by atoms with Crippen molar-refractivity contribution in [1.29, 1.82) is 0 Å². The first-order chi connectivity index (χ1) is 9.58. The standard InChI is InChI=1S/C15H13ClFN3/c1-9-8-11(5-6-12(9)17)20-14(10(2)16)19-13-4-3-7-18-15(13)20/h3-8,10H,1-2H3. The number of hydrogen-bond acceptors (Lipinski definition) is 2. The van der Waals surface area contributed by atoms with Gasteiger partial charge in [-0.3, -0.25) is 4.57 Å². The topological polar surface area (TPSA) is 30.7 Å². The van der Waals surface area contributed by atoms with E-state index in [1.165, 1.54) is 6.07 Å². The average Bonchev–Trinajstić information content (AvgIpc) is 2.81. The van der Waals surface area contributed by atoms with Gasteiger partial charge in [0.05, 0.1) is 5.38 Å². The maximum absolute atomic E-state index is 13.4. The summed E-state index contributed by atoms with van der Waals surface area (Å²) < 4.78 is 15.3. The van der Waals surface area contributed by atoms with Gasteiger partial charge in [-0.25, -0.2) is 14.4 Å². The number of halogens is 2. The molecule has 0 bridgehead atoms. The molecule has 0 spiro atoms. The monoisotopic (exact) mass is 289 g/mol. The highest BCUT2D eigenvalue weighted by molar-refractivity contribution is 6.20. The number of nitrogens with zero attached hydrogens (tertiary/aromatic N) is 3. The maximum atomic E-state index is 13.4. The number of hydrogen-bond donors (Lipinski definition) is 0. The van der Waals surface area contributed by atoms with Gasteiger partial charge in [0.25, 0.3) is 0 Å². The van der Waals surface area contributed by atoms with E-state index in [4.69, 9.17) is 11.6 Å². The van der Waals surface area contributed by atoms with Crippen LogP contribution in [0.5, 0.6) is 0 Å². The van der Waals surface area contributed by atoms with Gasteiger partial charge in [0.2, 0.25) is 0 Å². The van der Waals surface area contributed by atoms with E-state index in [0.29, 0.717) is 11.4 Å². The van der Waals surface area contributed by atoms with E-state index < -0.39 is 0 Å². The molecule has 0 aliphatic carbocycles. The largest absolute Gasteiger partial charge is 0.279 e. The Hall–Kier alpha value is -1.94. The van der Waals surface area contributed by atoms with Crippen LogP contribution in [0.25, 0.3) is 16.9 Å². The van der Waals surface area contributed by atoms with Crippen LogP contribution in [0.1, 0.15) is 23.7 Å². The Balaban J connectivity index is 2.33. The molecule has 20 heavy (non-hydrogen) atoms. The SMILES string of the molecule is Cc1cc(-n2c(C(C)Cl)nc3cccnc32)ccc1F. The van der Waals surface area contributed by atoms with Crippen molar-refractivity contribution in [3.8, 4) is 5.69 Å². The lowest BCUT2D eigenvalue weighted by Gasteiger charge is -2.11. The smallest absolute Gasteiger partial charge is 0.164 e. The molecule has 3 rings (SSSR count). The number of aromatic nitrogens is 3. The van der Waals surface area contributed by atoms with E-state index in [1.54, 1.807) is 25.3 Å². The van der Waals surface area contributed by atoms with E-state index in [-0.39, 0.29) is 11.2 Å². The first kappa shape index (κ1) is 13.1. The van der Waals surface area contributed by atoms with Crippen molar-refractivity contribution in [2.75, 3.05) is 0 Å². The Kier molecular flexibility index (Phi) is 3.18. The molecule has 5 heteroatoms. The zero-order chi connectivity index (χ0) is 14.3. The van der Waals surface area contributed by atoms with Gasteiger partial charge in [0.15, 0.2) is 5.65 Å². The van der Waals surface area contributed by atoms with Crippen LogP contribution in [0.4, 0.5) is 4.39 Å². The van der Waals surface area contributed by atoms with Gasteiger partial charge >= 0.3 is 0 Å². The molecule has 2 aromatic heterocycles. The highest BCUT2D eigenvalue weighted by atomic mass is 35.5. The molecule has 0 amide bonds. The minimum Gasteiger partial charge on any atom is -0.279 e. The highest BCUT2D eigenvalue weighted by Crippen LogP contribution is 2.27. The molecule has 0 N–H and O–H groups in total. The number of benzene rings is 1. The molecule has 3 nitrogen and oxygen atoms in total. The summed E-state index contributed by atoms with van der Waals surface area (Å²) in [6.45, 7) is 3.59. The van der Waals surface area contributed by atoms with E-state index in [1.807, 2.05) is 23.6 Å². The van der Waals surface area contributed by atoms with Gasteiger partial charge in [-0.1, -0.05) is 0 Å². The maximum Gasteiger partial charge on any atom is 0.164 e. The van der Waals surface area contributed by atoms with Crippen LogP contribution in [0, 0.1) is 12.7 Å². The molecule has 0 aliphatic heterocycles. The lowest BCUT2D eigenvalue weighted by atomic mass is 10.2. The molecular formula is C15H13ClFN3. The van der Waals surface area contributed by atoms with Crippen LogP contribution in [0.15, 0.2) is 36.5 Å². The average molecular weight is 290 g/mol. The molecule has 0 saturated carbocycles. The lowest BCUT2D eigenvalue weighted by Crippen LogP contribution is -2.03. The van der Waals surface area contributed by atoms with Crippen LogP contribution in [-0.4, -0.2) is 14.5 Å². The molecule has 0 aliphatic rings. The van der Waals surface area contributed by atoms with E-state index in [2.05, 4.69) is 9.97 Å². The second-order valence-corrected chi connectivity index (χ2v) is 5.36. The van der Waals surface area contributed by atoms with Gasteiger partial charge in [0, 0.05) is 11.9 Å². The summed E-state index contributed by atoms with van der Waals surface area (Å²) in [5.74, 6) is 0.470. The fourth-order valence-corrected chi connectivity index (χ4v) is 2.37. The molecule has 1 atom stereocenters. The van der Waals surface area contributed by atoms with Gasteiger partial charge in [-0.05, 0) is 49.7 Å². The molecule has 3 aromatic rings. The fraction of sp³-hybridized carbons (Fsp3) is 0.200. The summed E-state index contributed by atoms with van der Waals surface area (Å²) in [5, 5.41) is -0.269. The van der Waals surface area contributed by atoms with E-state index in [0.717, 1.165) is 16.9 Å². The predicted octanol–water partition coefficient (Wildman–Crippen LogP) is 4.17. The lowest BCUT2D eigenvalue weighted by molar-refractivity contribution is 0.618. The molecule has 1 aromatic carbocycles. The molecule has 0 saturated heterocycles. The van der Waals surface area contributed by atoms with Gasteiger partial charge < -0.3 is 0 Å². The normalized spacial score (nSPS) is 12.8. The van der Waals surface area contributed by atoms with Gasteiger partial charge in [-0.15, -0.1) is 11.6 Å².